The number of hydrogen-bond acceptors (Lipinski definition) is 10. The van der Waals surface area contributed by atoms with Gasteiger partial charge in [0.05, 0.1) is 25.6 Å². The third kappa shape index (κ3) is 5.22. The smallest absolute Gasteiger partial charge is 0.261 e. The van der Waals surface area contributed by atoms with Crippen LogP contribution in [0.5, 0.6) is 11.5 Å². The Kier molecular flexibility index (Phi) is 8.39. The van der Waals surface area contributed by atoms with Crippen LogP contribution in [0.15, 0.2) is 52.3 Å². The van der Waals surface area contributed by atoms with Gasteiger partial charge in [-0.05, 0) is 35.3 Å². The van der Waals surface area contributed by atoms with E-state index in [4.69, 9.17) is 29.7 Å². The molecular formula is C34H46N2O8. The molecule has 4 N–H and O–H groups in total. The van der Waals surface area contributed by atoms with Crippen LogP contribution in [0.4, 0.5) is 0 Å². The molecule has 10 nitrogen and oxygen atoms in total. The van der Waals surface area contributed by atoms with Crippen molar-refractivity contribution in [2.75, 3.05) is 13.2 Å². The molecule has 3 heterocycles. The van der Waals surface area contributed by atoms with E-state index in [0.29, 0.717) is 29.9 Å². The SMILES string of the molecule is CC(C)(C)C12OOC1(c1ccc(/C=N/O)c(O)c1)OCC2(C)C.CC(C)(C)C1=C(c2ccc(/C=N/O)c(O)c2)OCC1(C)C. The molecule has 0 aromatic heterocycles. The number of oxime groups is 2. The van der Waals surface area contributed by atoms with Crippen LogP contribution in [-0.2, 0) is 25.0 Å². The minimum absolute atomic E-state index is 0.0127. The normalized spacial score (nSPS) is 25.9. The fourth-order valence-electron chi connectivity index (χ4n) is 7.30. The Hall–Kier alpha value is -3.60. The number of phenols is 2. The number of nitrogens with zero attached hydrogens (tertiary/aromatic N) is 2. The number of phenolic OH excluding ortho intramolecular Hbond substituents is 2. The minimum Gasteiger partial charge on any atom is -0.507 e. The highest BCUT2D eigenvalue weighted by Crippen LogP contribution is 2.69. The molecule has 0 bridgehead atoms. The molecule has 0 radical (unpaired) electrons. The van der Waals surface area contributed by atoms with Crippen molar-refractivity contribution in [1.82, 2.24) is 0 Å². The first kappa shape index (κ1) is 33.3. The van der Waals surface area contributed by atoms with E-state index in [1.165, 1.54) is 18.0 Å². The third-order valence-corrected chi connectivity index (χ3v) is 8.72. The van der Waals surface area contributed by atoms with Gasteiger partial charge >= 0.3 is 0 Å². The summed E-state index contributed by atoms with van der Waals surface area (Å²) in [4.78, 5) is 11.3. The number of rotatable bonds is 4. The van der Waals surface area contributed by atoms with Gasteiger partial charge in [0.1, 0.15) is 17.3 Å². The fourth-order valence-corrected chi connectivity index (χ4v) is 7.30. The zero-order valence-electron chi connectivity index (χ0n) is 27.3. The first-order valence-electron chi connectivity index (χ1n) is 14.7. The summed E-state index contributed by atoms with van der Waals surface area (Å²) >= 11 is 0. The molecule has 5 rings (SSSR count). The van der Waals surface area contributed by atoms with Crippen molar-refractivity contribution in [2.24, 2.45) is 32.0 Å². The van der Waals surface area contributed by atoms with E-state index in [-0.39, 0.29) is 33.2 Å². The Bertz CT molecular complexity index is 1500. The number of fused-ring (bicyclic) bond motifs is 1. The molecule has 2 atom stereocenters. The quantitative estimate of drug-likeness (QED) is 0.124. The van der Waals surface area contributed by atoms with Gasteiger partial charge in [-0.15, -0.1) is 0 Å². The first-order valence-corrected chi connectivity index (χ1v) is 14.7. The Morgan fingerprint density at radius 3 is 1.80 bits per heavy atom. The lowest BCUT2D eigenvalue weighted by molar-refractivity contribution is -0.626. The van der Waals surface area contributed by atoms with Crippen molar-refractivity contribution in [1.29, 1.82) is 0 Å². The maximum absolute atomic E-state index is 10.2. The van der Waals surface area contributed by atoms with Gasteiger partial charge in [-0.25, -0.2) is 4.89 Å². The zero-order valence-corrected chi connectivity index (χ0v) is 27.3. The average Bonchev–Trinajstić information content (AvgIpc) is 3.29. The Morgan fingerprint density at radius 1 is 0.773 bits per heavy atom. The van der Waals surface area contributed by atoms with E-state index >= 15 is 0 Å². The Labute approximate surface area is 259 Å². The molecule has 0 saturated carbocycles. The molecule has 3 aliphatic heterocycles. The van der Waals surface area contributed by atoms with Crippen molar-refractivity contribution in [2.45, 2.75) is 80.6 Å². The lowest BCUT2D eigenvalue weighted by Crippen LogP contribution is -2.73. The van der Waals surface area contributed by atoms with E-state index in [9.17, 15) is 10.2 Å². The van der Waals surface area contributed by atoms with Gasteiger partial charge in [-0.2, -0.15) is 4.89 Å². The van der Waals surface area contributed by atoms with Crippen LogP contribution in [0, 0.1) is 21.7 Å². The van der Waals surface area contributed by atoms with Crippen molar-refractivity contribution >= 4 is 18.2 Å². The minimum atomic E-state index is -1.07. The van der Waals surface area contributed by atoms with Crippen molar-refractivity contribution in [3.63, 3.8) is 0 Å². The Balaban J connectivity index is 0.000000202. The molecule has 2 aromatic rings. The van der Waals surface area contributed by atoms with Gasteiger partial charge in [-0.3, -0.25) is 0 Å². The molecule has 0 aliphatic carbocycles. The molecular weight excluding hydrogens is 564 g/mol. The largest absolute Gasteiger partial charge is 0.507 e. The average molecular weight is 611 g/mol. The van der Waals surface area contributed by atoms with E-state index in [2.05, 4.69) is 79.5 Å². The maximum Gasteiger partial charge on any atom is 0.261 e. The summed E-state index contributed by atoms with van der Waals surface area (Å²) in [5.74, 6) is -0.169. The number of hydrogen-bond donors (Lipinski definition) is 4. The summed E-state index contributed by atoms with van der Waals surface area (Å²) in [5.41, 5.74) is 2.38. The highest BCUT2D eigenvalue weighted by molar-refractivity contribution is 5.84. The lowest BCUT2D eigenvalue weighted by atomic mass is 9.57. The van der Waals surface area contributed by atoms with Crippen LogP contribution in [0.1, 0.15) is 91.5 Å². The zero-order chi connectivity index (χ0) is 32.9. The Morgan fingerprint density at radius 2 is 1.34 bits per heavy atom. The first-order chi connectivity index (χ1) is 20.3. The summed E-state index contributed by atoms with van der Waals surface area (Å²) in [5, 5.41) is 43.3. The van der Waals surface area contributed by atoms with E-state index in [1.54, 1.807) is 30.3 Å². The van der Waals surface area contributed by atoms with Gasteiger partial charge in [0.2, 0.25) is 0 Å². The lowest BCUT2D eigenvalue weighted by Gasteiger charge is -2.61. The third-order valence-electron chi connectivity index (χ3n) is 8.72. The van der Waals surface area contributed by atoms with Crippen LogP contribution < -0.4 is 0 Å². The van der Waals surface area contributed by atoms with Crippen molar-refractivity contribution in [3.05, 3.63) is 64.2 Å². The maximum atomic E-state index is 10.2. The van der Waals surface area contributed by atoms with E-state index in [0.717, 1.165) is 11.3 Å². The second kappa shape index (κ2) is 11.1. The molecule has 10 heteroatoms. The van der Waals surface area contributed by atoms with Crippen LogP contribution in [0.25, 0.3) is 5.76 Å². The van der Waals surface area contributed by atoms with Crippen molar-refractivity contribution < 1.29 is 39.9 Å². The molecule has 2 aromatic carbocycles. The summed E-state index contributed by atoms with van der Waals surface area (Å²) in [7, 11) is 0. The number of aromatic hydroxyl groups is 2. The number of ether oxygens (including phenoxy) is 2. The predicted molar refractivity (Wildman–Crippen MR) is 167 cm³/mol. The summed E-state index contributed by atoms with van der Waals surface area (Å²) in [6, 6.07) is 10.3. The molecule has 2 fully saturated rings. The van der Waals surface area contributed by atoms with Crippen LogP contribution >= 0.6 is 0 Å². The highest BCUT2D eigenvalue weighted by Gasteiger charge is 2.81. The fraction of sp³-hybridized carbons (Fsp3) is 0.529. The van der Waals surface area contributed by atoms with E-state index < -0.39 is 11.4 Å². The summed E-state index contributed by atoms with van der Waals surface area (Å²) in [6.07, 6.45) is 2.38. The monoisotopic (exact) mass is 610 g/mol. The molecule has 3 aliphatic rings. The standard InChI is InChI=1S/C17H23NO5.C17H23NO3/c1-14(2,3)17-15(4,5)10-21-16(17,22-23-17)12-7-6-11(9-18-20)13(19)8-12;1-16(2,3)15-14(21-10-17(15,4)5)11-6-7-12(9-18-20)13(19)8-11/h6-9,19-20H,10H2,1-5H3;6-9,19-20H,10H2,1-5H3/b2*18-9+. The molecule has 2 unspecified atom stereocenters. The van der Waals surface area contributed by atoms with Crippen LogP contribution in [-0.4, -0.2) is 51.9 Å². The van der Waals surface area contributed by atoms with Gasteiger partial charge < -0.3 is 30.1 Å². The van der Waals surface area contributed by atoms with Gasteiger partial charge in [0.15, 0.2) is 5.60 Å². The van der Waals surface area contributed by atoms with Crippen molar-refractivity contribution in [3.8, 4) is 11.5 Å². The molecule has 0 amide bonds. The van der Waals surface area contributed by atoms with Gasteiger partial charge in [0, 0.05) is 38.5 Å². The van der Waals surface area contributed by atoms with Gasteiger partial charge in [-0.1, -0.05) is 91.7 Å². The summed E-state index contributed by atoms with van der Waals surface area (Å²) < 4.78 is 12.0. The molecule has 0 spiro atoms. The number of benzene rings is 2. The highest BCUT2D eigenvalue weighted by atomic mass is 17.3. The van der Waals surface area contributed by atoms with E-state index in [1.807, 2.05) is 6.07 Å². The van der Waals surface area contributed by atoms with Gasteiger partial charge in [0.25, 0.3) is 5.79 Å². The van der Waals surface area contributed by atoms with Crippen LogP contribution in [0.3, 0.4) is 0 Å². The summed E-state index contributed by atoms with van der Waals surface area (Å²) in [6.45, 7) is 22.4. The topological polar surface area (TPSA) is 143 Å². The predicted octanol–water partition coefficient (Wildman–Crippen LogP) is 7.17. The second-order valence-electron chi connectivity index (χ2n) is 15.1. The molecule has 240 valence electrons. The molecule has 44 heavy (non-hydrogen) atoms. The molecule has 2 saturated heterocycles. The second-order valence-corrected chi connectivity index (χ2v) is 15.1. The van der Waals surface area contributed by atoms with Crippen LogP contribution in [0.2, 0.25) is 0 Å².